The molecule has 0 aromatic heterocycles. The average molecular weight is 536 g/mol. The van der Waals surface area contributed by atoms with Crippen LogP contribution in [0.25, 0.3) is 0 Å². The molecular formula is C29H45NO8. The molecule has 1 aromatic carbocycles. The van der Waals surface area contributed by atoms with Crippen LogP contribution in [0.15, 0.2) is 18.2 Å². The van der Waals surface area contributed by atoms with Gasteiger partial charge < -0.3 is 24.6 Å². The van der Waals surface area contributed by atoms with E-state index in [2.05, 4.69) is 5.32 Å². The van der Waals surface area contributed by atoms with E-state index in [9.17, 15) is 24.3 Å². The molecule has 0 saturated heterocycles. The molecule has 0 saturated carbocycles. The van der Waals surface area contributed by atoms with Gasteiger partial charge in [-0.05, 0) is 61.6 Å². The first-order chi connectivity index (χ1) is 17.8. The van der Waals surface area contributed by atoms with E-state index in [1.807, 2.05) is 41.5 Å². The molecule has 0 bridgehead atoms. The highest BCUT2D eigenvalue weighted by Gasteiger charge is 2.22. The summed E-state index contributed by atoms with van der Waals surface area (Å²) in [5, 5.41) is 12.7. The number of carboxylic acid groups (broad SMARTS) is 1. The molecule has 0 radical (unpaired) electrons. The largest absolute Gasteiger partial charge is 0.480 e. The van der Waals surface area contributed by atoms with Gasteiger partial charge >= 0.3 is 23.9 Å². The number of benzene rings is 1. The predicted molar refractivity (Wildman–Crippen MR) is 144 cm³/mol. The van der Waals surface area contributed by atoms with E-state index in [4.69, 9.17) is 14.2 Å². The van der Waals surface area contributed by atoms with Crippen molar-refractivity contribution in [2.45, 2.75) is 99.1 Å². The van der Waals surface area contributed by atoms with Gasteiger partial charge in [0.25, 0.3) is 0 Å². The first-order valence-electron chi connectivity index (χ1n) is 13.5. The average Bonchev–Trinajstić information content (AvgIpc) is 2.79. The van der Waals surface area contributed by atoms with E-state index < -0.39 is 30.1 Å². The van der Waals surface area contributed by atoms with Crippen LogP contribution in [0, 0.1) is 17.8 Å². The molecule has 1 unspecified atom stereocenters. The number of carboxylic acids is 1. The van der Waals surface area contributed by atoms with Crippen molar-refractivity contribution in [3.05, 3.63) is 23.8 Å². The van der Waals surface area contributed by atoms with Gasteiger partial charge in [0.2, 0.25) is 0 Å². The second-order valence-electron chi connectivity index (χ2n) is 11.0. The molecule has 1 rings (SSSR count). The maximum absolute atomic E-state index is 12.4. The van der Waals surface area contributed by atoms with Crippen molar-refractivity contribution in [3.8, 4) is 11.5 Å². The molecule has 0 spiro atoms. The highest BCUT2D eigenvalue weighted by atomic mass is 16.6. The monoisotopic (exact) mass is 535 g/mol. The van der Waals surface area contributed by atoms with Crippen LogP contribution >= 0.6 is 0 Å². The normalized spacial score (nSPS) is 12.9. The zero-order chi connectivity index (χ0) is 28.8. The highest BCUT2D eigenvalue weighted by molar-refractivity contribution is 5.77. The third kappa shape index (κ3) is 14.1. The SMILES string of the molecule is CC(C)CCC(=O)Oc1ccc(C[C@H](NCC(C)OC(=O)CC(C)C)C(=O)O)cc1OC(=O)CCC(C)C. The van der Waals surface area contributed by atoms with Gasteiger partial charge in [-0.3, -0.25) is 19.2 Å². The molecule has 0 aliphatic carbocycles. The summed E-state index contributed by atoms with van der Waals surface area (Å²) in [6.07, 6.45) is 1.60. The summed E-state index contributed by atoms with van der Waals surface area (Å²) in [5.74, 6) is -1.29. The number of rotatable bonds is 17. The summed E-state index contributed by atoms with van der Waals surface area (Å²) in [6, 6.07) is 3.70. The Hall–Kier alpha value is -2.94. The Morgan fingerprint density at radius 2 is 1.34 bits per heavy atom. The van der Waals surface area contributed by atoms with Crippen molar-refractivity contribution in [2.75, 3.05) is 6.54 Å². The van der Waals surface area contributed by atoms with Crippen LogP contribution in [0.1, 0.15) is 86.1 Å². The van der Waals surface area contributed by atoms with Crippen LogP contribution < -0.4 is 14.8 Å². The lowest BCUT2D eigenvalue weighted by Crippen LogP contribution is -2.42. The summed E-state index contributed by atoms with van der Waals surface area (Å²) in [4.78, 5) is 48.5. The summed E-state index contributed by atoms with van der Waals surface area (Å²) in [7, 11) is 0. The van der Waals surface area contributed by atoms with Crippen molar-refractivity contribution in [1.29, 1.82) is 0 Å². The van der Waals surface area contributed by atoms with Gasteiger partial charge in [-0.15, -0.1) is 0 Å². The molecule has 9 nitrogen and oxygen atoms in total. The fraction of sp³-hybridized carbons (Fsp3) is 0.655. The molecule has 0 fully saturated rings. The first kappa shape index (κ1) is 33.1. The minimum absolute atomic E-state index is 0.0696. The van der Waals surface area contributed by atoms with Crippen molar-refractivity contribution >= 4 is 23.9 Å². The number of aliphatic carboxylic acids is 1. The van der Waals surface area contributed by atoms with E-state index >= 15 is 0 Å². The molecule has 214 valence electrons. The maximum Gasteiger partial charge on any atom is 0.321 e. The smallest absolute Gasteiger partial charge is 0.321 e. The number of carbonyl (C=O) groups is 4. The third-order valence-electron chi connectivity index (χ3n) is 5.60. The molecule has 38 heavy (non-hydrogen) atoms. The number of esters is 3. The first-order valence-corrected chi connectivity index (χ1v) is 13.5. The van der Waals surface area contributed by atoms with Gasteiger partial charge in [0.15, 0.2) is 11.5 Å². The minimum Gasteiger partial charge on any atom is -0.480 e. The zero-order valence-corrected chi connectivity index (χ0v) is 23.9. The van der Waals surface area contributed by atoms with Crippen molar-refractivity contribution < 1.29 is 38.5 Å². The Bertz CT molecular complexity index is 925. The number of nitrogens with one attached hydrogen (secondary N) is 1. The molecule has 2 atom stereocenters. The summed E-state index contributed by atoms with van der Waals surface area (Å²) >= 11 is 0. The second kappa shape index (κ2) is 16.8. The lowest BCUT2D eigenvalue weighted by atomic mass is 10.0. The van der Waals surface area contributed by atoms with E-state index in [1.165, 1.54) is 12.1 Å². The standard InChI is InChI=1S/C29H45NO8/c1-18(2)8-12-26(31)37-24-11-10-22(16-25(24)38-27(32)13-9-19(3)4)15-23(29(34)35)30-17-21(7)36-28(33)14-20(5)6/h10-11,16,18-21,23,30H,8-9,12-15,17H2,1-7H3,(H,34,35)/t21?,23-/m0/s1. The van der Waals surface area contributed by atoms with E-state index in [1.54, 1.807) is 13.0 Å². The summed E-state index contributed by atoms with van der Waals surface area (Å²) < 4.78 is 16.3. The molecule has 1 aromatic rings. The van der Waals surface area contributed by atoms with Gasteiger partial charge in [-0.2, -0.15) is 0 Å². The quantitative estimate of drug-likeness (QED) is 0.211. The fourth-order valence-electron chi connectivity index (χ4n) is 3.44. The van der Waals surface area contributed by atoms with Gasteiger partial charge in [-0.25, -0.2) is 0 Å². The maximum atomic E-state index is 12.4. The van der Waals surface area contributed by atoms with Crippen molar-refractivity contribution in [2.24, 2.45) is 17.8 Å². The topological polar surface area (TPSA) is 128 Å². The lowest BCUT2D eigenvalue weighted by Gasteiger charge is -2.19. The van der Waals surface area contributed by atoms with E-state index in [0.29, 0.717) is 36.7 Å². The predicted octanol–water partition coefficient (Wildman–Crippen LogP) is 4.93. The molecule has 2 N–H and O–H groups in total. The molecule has 9 heteroatoms. The fourth-order valence-corrected chi connectivity index (χ4v) is 3.44. The number of hydrogen-bond donors (Lipinski definition) is 2. The van der Waals surface area contributed by atoms with Gasteiger partial charge in [0.05, 0.1) is 0 Å². The summed E-state index contributed by atoms with van der Waals surface area (Å²) in [6.45, 7) is 13.7. The summed E-state index contributed by atoms with van der Waals surface area (Å²) in [5.41, 5.74) is 0.572. The number of carbonyl (C=O) groups excluding carboxylic acids is 3. The van der Waals surface area contributed by atoms with Gasteiger partial charge in [0, 0.05) is 25.8 Å². The Kier molecular flexibility index (Phi) is 14.6. The zero-order valence-electron chi connectivity index (χ0n) is 23.9. The van der Waals surface area contributed by atoms with Crippen LogP contribution in [0.3, 0.4) is 0 Å². The lowest BCUT2D eigenvalue weighted by molar-refractivity contribution is -0.149. The Balaban J connectivity index is 2.98. The van der Waals surface area contributed by atoms with Crippen LogP contribution in [-0.4, -0.2) is 47.7 Å². The Morgan fingerprint density at radius 3 is 1.84 bits per heavy atom. The third-order valence-corrected chi connectivity index (χ3v) is 5.60. The Labute approximate surface area is 226 Å². The van der Waals surface area contributed by atoms with Crippen LogP contribution in [-0.2, 0) is 30.3 Å². The number of hydrogen-bond acceptors (Lipinski definition) is 8. The van der Waals surface area contributed by atoms with Crippen LogP contribution in [0.2, 0.25) is 0 Å². The minimum atomic E-state index is -1.08. The van der Waals surface area contributed by atoms with Crippen molar-refractivity contribution in [1.82, 2.24) is 5.32 Å². The van der Waals surface area contributed by atoms with Crippen LogP contribution in [0.5, 0.6) is 11.5 Å². The van der Waals surface area contributed by atoms with Crippen LogP contribution in [0.4, 0.5) is 0 Å². The van der Waals surface area contributed by atoms with Gasteiger partial charge in [-0.1, -0.05) is 47.6 Å². The van der Waals surface area contributed by atoms with Crippen molar-refractivity contribution in [3.63, 3.8) is 0 Å². The number of ether oxygens (including phenoxy) is 3. The Morgan fingerprint density at radius 1 is 0.789 bits per heavy atom. The van der Waals surface area contributed by atoms with E-state index in [-0.39, 0.29) is 49.2 Å². The van der Waals surface area contributed by atoms with Gasteiger partial charge in [0.1, 0.15) is 12.1 Å². The second-order valence-corrected chi connectivity index (χ2v) is 11.0. The molecular weight excluding hydrogens is 490 g/mol. The van der Waals surface area contributed by atoms with E-state index in [0.717, 1.165) is 0 Å². The highest BCUT2D eigenvalue weighted by Crippen LogP contribution is 2.30. The molecule has 0 aliphatic rings. The molecule has 0 amide bonds. The molecule has 0 heterocycles. The molecule has 0 aliphatic heterocycles.